The average Bonchev–Trinajstić information content (AvgIpc) is 2.58. The number of carbonyl (C=O) groups is 1. The SMILES string of the molecule is CS(=O)(=O)C(CCc1ccccc1)(Cc1ccccc1)C(=O)NO. The monoisotopic (exact) mass is 347 g/mol. The number of amides is 1. The maximum Gasteiger partial charge on any atom is 0.265 e. The molecule has 6 heteroatoms. The third-order valence-corrected chi connectivity index (χ3v) is 6.17. The van der Waals surface area contributed by atoms with Crippen molar-refractivity contribution in [2.75, 3.05) is 6.26 Å². The van der Waals surface area contributed by atoms with Gasteiger partial charge in [0.2, 0.25) is 0 Å². The van der Waals surface area contributed by atoms with E-state index >= 15 is 0 Å². The maximum absolute atomic E-state index is 12.5. The van der Waals surface area contributed by atoms with Gasteiger partial charge in [-0.25, -0.2) is 13.9 Å². The van der Waals surface area contributed by atoms with Crippen LogP contribution < -0.4 is 5.48 Å². The summed E-state index contributed by atoms with van der Waals surface area (Å²) in [5.41, 5.74) is 3.21. The van der Waals surface area contributed by atoms with Crippen LogP contribution in [0, 0.1) is 0 Å². The highest BCUT2D eigenvalue weighted by Crippen LogP contribution is 2.29. The third kappa shape index (κ3) is 4.01. The molecule has 128 valence electrons. The van der Waals surface area contributed by atoms with Crippen molar-refractivity contribution in [2.24, 2.45) is 0 Å². The molecule has 0 aliphatic rings. The lowest BCUT2D eigenvalue weighted by Crippen LogP contribution is -2.53. The summed E-state index contributed by atoms with van der Waals surface area (Å²) >= 11 is 0. The van der Waals surface area contributed by atoms with Gasteiger partial charge < -0.3 is 0 Å². The van der Waals surface area contributed by atoms with E-state index in [1.165, 1.54) is 0 Å². The van der Waals surface area contributed by atoms with Gasteiger partial charge in [0.05, 0.1) is 0 Å². The molecule has 0 aliphatic carbocycles. The minimum Gasteiger partial charge on any atom is -0.289 e. The van der Waals surface area contributed by atoms with Gasteiger partial charge in [0.1, 0.15) is 0 Å². The molecule has 2 N–H and O–H groups in total. The topological polar surface area (TPSA) is 83.5 Å². The summed E-state index contributed by atoms with van der Waals surface area (Å²) in [5.74, 6) is -0.898. The Bertz CT molecular complexity index is 775. The van der Waals surface area contributed by atoms with Crippen LogP contribution in [-0.2, 0) is 27.5 Å². The first-order chi connectivity index (χ1) is 11.4. The van der Waals surface area contributed by atoms with E-state index in [9.17, 15) is 13.2 Å². The first-order valence-corrected chi connectivity index (χ1v) is 9.50. The minimum atomic E-state index is -3.78. The second-order valence-corrected chi connectivity index (χ2v) is 8.18. The van der Waals surface area contributed by atoms with Crippen molar-refractivity contribution >= 4 is 15.7 Å². The van der Waals surface area contributed by atoms with Crippen molar-refractivity contribution in [3.8, 4) is 0 Å². The Labute approximate surface area is 142 Å². The van der Waals surface area contributed by atoms with Crippen LogP contribution in [-0.4, -0.2) is 30.5 Å². The number of benzene rings is 2. The van der Waals surface area contributed by atoms with Gasteiger partial charge in [-0.1, -0.05) is 60.7 Å². The number of rotatable bonds is 7. The highest BCUT2D eigenvalue weighted by Gasteiger charge is 2.47. The Kier molecular flexibility index (Phi) is 5.75. The molecule has 0 heterocycles. The highest BCUT2D eigenvalue weighted by molar-refractivity contribution is 7.92. The van der Waals surface area contributed by atoms with Crippen LogP contribution in [0.4, 0.5) is 0 Å². The van der Waals surface area contributed by atoms with Gasteiger partial charge in [-0.15, -0.1) is 0 Å². The molecule has 2 rings (SSSR count). The van der Waals surface area contributed by atoms with Crippen molar-refractivity contribution in [2.45, 2.75) is 24.0 Å². The van der Waals surface area contributed by atoms with Gasteiger partial charge in [0.25, 0.3) is 5.91 Å². The fourth-order valence-corrected chi connectivity index (χ4v) is 4.07. The smallest absolute Gasteiger partial charge is 0.265 e. The van der Waals surface area contributed by atoms with Gasteiger partial charge >= 0.3 is 0 Å². The lowest BCUT2D eigenvalue weighted by Gasteiger charge is -2.30. The van der Waals surface area contributed by atoms with Crippen LogP contribution in [0.1, 0.15) is 17.5 Å². The molecule has 2 aromatic rings. The van der Waals surface area contributed by atoms with Gasteiger partial charge in [0, 0.05) is 12.7 Å². The Hall–Kier alpha value is -2.18. The average molecular weight is 347 g/mol. The molecule has 0 saturated carbocycles. The Balaban J connectivity index is 2.40. The fraction of sp³-hybridized carbons (Fsp3) is 0.278. The Morgan fingerprint density at radius 2 is 1.50 bits per heavy atom. The Morgan fingerprint density at radius 3 is 1.96 bits per heavy atom. The molecule has 1 atom stereocenters. The molecule has 1 amide bonds. The Morgan fingerprint density at radius 1 is 1.00 bits per heavy atom. The first kappa shape index (κ1) is 18.2. The van der Waals surface area contributed by atoms with E-state index in [4.69, 9.17) is 5.21 Å². The van der Waals surface area contributed by atoms with E-state index in [-0.39, 0.29) is 12.8 Å². The van der Waals surface area contributed by atoms with E-state index < -0.39 is 20.5 Å². The fourth-order valence-electron chi connectivity index (χ4n) is 2.79. The summed E-state index contributed by atoms with van der Waals surface area (Å²) < 4.78 is 23.3. The predicted molar refractivity (Wildman–Crippen MR) is 92.4 cm³/mol. The molecule has 2 aromatic carbocycles. The van der Waals surface area contributed by atoms with Crippen molar-refractivity contribution in [1.82, 2.24) is 5.48 Å². The normalized spacial score (nSPS) is 13.9. The van der Waals surface area contributed by atoms with E-state index in [2.05, 4.69) is 0 Å². The summed E-state index contributed by atoms with van der Waals surface area (Å²) in [6, 6.07) is 18.3. The van der Waals surface area contributed by atoms with Crippen LogP contribution in [0.15, 0.2) is 60.7 Å². The minimum absolute atomic E-state index is 0.00585. The van der Waals surface area contributed by atoms with Gasteiger partial charge in [0.15, 0.2) is 14.6 Å². The second kappa shape index (κ2) is 7.59. The molecule has 0 saturated heterocycles. The third-order valence-electron chi connectivity index (χ3n) is 4.22. The number of aryl methyl sites for hydroxylation is 1. The van der Waals surface area contributed by atoms with Crippen molar-refractivity contribution in [3.63, 3.8) is 0 Å². The van der Waals surface area contributed by atoms with E-state index in [1.807, 2.05) is 36.4 Å². The van der Waals surface area contributed by atoms with Gasteiger partial charge in [-0.2, -0.15) is 0 Å². The lowest BCUT2D eigenvalue weighted by molar-refractivity contribution is -0.132. The van der Waals surface area contributed by atoms with Crippen LogP contribution in [0.2, 0.25) is 0 Å². The first-order valence-electron chi connectivity index (χ1n) is 7.61. The summed E-state index contributed by atoms with van der Waals surface area (Å²) in [6.07, 6.45) is 1.54. The molecule has 0 bridgehead atoms. The maximum atomic E-state index is 12.5. The lowest BCUT2D eigenvalue weighted by atomic mass is 9.91. The molecule has 24 heavy (non-hydrogen) atoms. The molecular weight excluding hydrogens is 326 g/mol. The van der Waals surface area contributed by atoms with E-state index in [1.54, 1.807) is 29.7 Å². The summed E-state index contributed by atoms with van der Waals surface area (Å²) in [5, 5.41) is 9.14. The zero-order chi connectivity index (χ0) is 17.6. The molecular formula is C18H21NO4S. The van der Waals surface area contributed by atoms with Gasteiger partial charge in [-0.05, 0) is 24.0 Å². The highest BCUT2D eigenvalue weighted by atomic mass is 32.2. The predicted octanol–water partition coefficient (Wildman–Crippen LogP) is 2.15. The molecule has 0 spiro atoms. The van der Waals surface area contributed by atoms with Crippen LogP contribution in [0.5, 0.6) is 0 Å². The number of carbonyl (C=O) groups excluding carboxylic acids is 1. The number of hydrogen-bond acceptors (Lipinski definition) is 4. The zero-order valence-corrected chi connectivity index (χ0v) is 14.3. The van der Waals surface area contributed by atoms with Gasteiger partial charge in [-0.3, -0.25) is 10.0 Å². The number of nitrogens with one attached hydrogen (secondary N) is 1. The van der Waals surface area contributed by atoms with Crippen LogP contribution >= 0.6 is 0 Å². The summed E-state index contributed by atoms with van der Waals surface area (Å²) in [7, 11) is -3.78. The molecule has 0 aromatic heterocycles. The number of hydrogen-bond donors (Lipinski definition) is 2. The van der Waals surface area contributed by atoms with Crippen LogP contribution in [0.3, 0.4) is 0 Å². The summed E-state index contributed by atoms with van der Waals surface area (Å²) in [4.78, 5) is 12.4. The quantitative estimate of drug-likeness (QED) is 0.594. The van der Waals surface area contributed by atoms with E-state index in [0.717, 1.165) is 17.4 Å². The standard InChI is InChI=1S/C18H21NO4S/c1-24(22,23)18(17(20)19-21,14-16-10-6-3-7-11-16)13-12-15-8-4-2-5-9-15/h2-11,21H,12-14H2,1H3,(H,19,20). The molecule has 1 unspecified atom stereocenters. The molecule has 5 nitrogen and oxygen atoms in total. The van der Waals surface area contributed by atoms with Crippen molar-refractivity contribution in [1.29, 1.82) is 0 Å². The van der Waals surface area contributed by atoms with Crippen LogP contribution in [0.25, 0.3) is 0 Å². The molecule has 0 aliphatic heterocycles. The summed E-state index contributed by atoms with van der Waals surface area (Å²) in [6.45, 7) is 0. The van der Waals surface area contributed by atoms with Crippen molar-refractivity contribution in [3.05, 3.63) is 71.8 Å². The van der Waals surface area contributed by atoms with Crippen molar-refractivity contribution < 1.29 is 18.4 Å². The number of hydroxylamine groups is 1. The zero-order valence-electron chi connectivity index (χ0n) is 13.5. The second-order valence-electron chi connectivity index (χ2n) is 5.86. The largest absolute Gasteiger partial charge is 0.289 e. The molecule has 0 radical (unpaired) electrons. The number of sulfone groups is 1. The molecule has 0 fully saturated rings. The van der Waals surface area contributed by atoms with E-state index in [0.29, 0.717) is 6.42 Å².